The van der Waals surface area contributed by atoms with E-state index < -0.39 is 265 Å². The van der Waals surface area contributed by atoms with Crippen LogP contribution in [0.25, 0.3) is 0 Å². The summed E-state index contributed by atoms with van der Waals surface area (Å²) < 4.78 is 249. The van der Waals surface area contributed by atoms with E-state index in [1.165, 1.54) is 14.2 Å². The molecule has 0 aliphatic carbocycles. The molecule has 0 N–H and O–H groups in total. The molecule has 137 heavy (non-hydrogen) atoms. The number of ether oxygens (including phenoxy) is 29. The van der Waals surface area contributed by atoms with Crippen LogP contribution in [0.4, 0.5) is 0 Å². The Bertz CT molecular complexity index is 3470. The van der Waals surface area contributed by atoms with Crippen LogP contribution in [0.15, 0.2) is 0 Å². The van der Waals surface area contributed by atoms with E-state index in [2.05, 4.69) is 209 Å². The minimum absolute atomic E-state index is 0.0225. The second-order valence-corrected chi connectivity index (χ2v) is 75.6. The zero-order valence-corrected chi connectivity index (χ0v) is 97.8. The van der Waals surface area contributed by atoms with E-state index in [9.17, 15) is 5.26 Å². The second kappa shape index (κ2) is 49.9. The fraction of sp³-hybridized carbons (Fsp3) is 0.989. The Morgan fingerprint density at radius 1 is 0.197 bits per heavy atom. The van der Waals surface area contributed by atoms with Gasteiger partial charge in [-0.05, 0) is 109 Å². The van der Waals surface area contributed by atoms with Crippen molar-refractivity contribution in [3.8, 4) is 6.07 Å². The topological polar surface area (TPSA) is 347 Å². The van der Waals surface area contributed by atoms with Gasteiger partial charge in [0.25, 0.3) is 0 Å². The van der Waals surface area contributed by atoms with Crippen molar-refractivity contribution < 1.29 is 164 Å². The zero-order chi connectivity index (χ0) is 103. The van der Waals surface area contributed by atoms with Crippen molar-refractivity contribution >= 4 is 49.9 Å². The number of nitriles is 1. The summed E-state index contributed by atoms with van der Waals surface area (Å²) in [5, 5.41) is 8.32. The maximum Gasteiger partial charge on any atom is 0.192 e. The van der Waals surface area contributed by atoms with E-state index in [-0.39, 0.29) is 89.5 Å². The molecule has 21 heterocycles. The van der Waals surface area contributed by atoms with Crippen molar-refractivity contribution in [2.24, 2.45) is 0 Å². The predicted octanol–water partition coefficient (Wildman–Crippen LogP) is 13.0. The minimum atomic E-state index is -2.67. The molecule has 35 unspecified atom stereocenters. The highest BCUT2D eigenvalue weighted by atomic mass is 28.4. The lowest BCUT2D eigenvalue weighted by atomic mass is 9.94. The third kappa shape index (κ3) is 28.4. The molecule has 21 rings (SSSR count). The molecule has 21 aliphatic heterocycles. The van der Waals surface area contributed by atoms with Crippen molar-refractivity contribution in [1.29, 1.82) is 5.26 Å². The summed E-state index contributed by atoms with van der Waals surface area (Å²) in [5.74, 6) is 0. The third-order valence-electron chi connectivity index (χ3n) is 32.1. The van der Waals surface area contributed by atoms with E-state index in [0.29, 0.717) is 0 Å². The van der Waals surface area contributed by atoms with Gasteiger partial charge in [-0.1, -0.05) is 125 Å². The maximum absolute atomic E-state index is 9.97. The molecule has 0 radical (unpaired) electrons. The second-order valence-electron chi connectivity index (χ2n) is 46.7. The Labute approximate surface area is 827 Å². The lowest BCUT2D eigenvalue weighted by molar-refractivity contribution is -0.402. The van der Waals surface area contributed by atoms with Crippen LogP contribution in [0.5, 0.6) is 0 Å². The highest BCUT2D eigenvalue weighted by molar-refractivity contribution is 6.76. The largest absolute Gasteiger partial charge is 0.414 e. The van der Waals surface area contributed by atoms with Crippen molar-refractivity contribution in [1.82, 2.24) is 0 Å². The number of hydrogen-bond donors (Lipinski definition) is 0. The summed E-state index contributed by atoms with van der Waals surface area (Å²) in [7, 11) is 5.89. The van der Waals surface area contributed by atoms with Crippen LogP contribution in [0.2, 0.25) is 109 Å². The molecule has 0 aromatic rings. The highest BCUT2D eigenvalue weighted by Crippen LogP contribution is 2.49. The molecule has 42 heteroatoms. The fourth-order valence-corrected chi connectivity index (χ4v) is 23.1. The first-order valence-corrected chi connectivity index (χ1v) is 66.4. The molecule has 21 fully saturated rings. The van der Waals surface area contributed by atoms with Gasteiger partial charge in [0.1, 0.15) is 171 Å². The Kier molecular flexibility index (Phi) is 44.3. The fourth-order valence-electron chi connectivity index (χ4n) is 17.1. The molecule has 0 spiro atoms. The molecular weight excluding hydrogens is 1880 g/mol. The van der Waals surface area contributed by atoms with Crippen molar-refractivity contribution in [3.63, 3.8) is 0 Å². The summed E-state index contributed by atoms with van der Waals surface area (Å²) in [4.78, 5) is 0. The van der Waals surface area contributed by atoms with Gasteiger partial charge in [0.05, 0.1) is 65.3 Å². The monoisotopic (exact) mass is 2070 g/mol. The van der Waals surface area contributed by atoms with Crippen LogP contribution in [0.3, 0.4) is 0 Å². The van der Waals surface area contributed by atoms with Crippen molar-refractivity contribution in [3.05, 3.63) is 0 Å². The average Bonchev–Trinajstić information content (AvgIpc) is 0.856. The van der Waals surface area contributed by atoms with E-state index in [1.54, 1.807) is 85.3 Å². The van der Waals surface area contributed by atoms with Gasteiger partial charge in [-0.15, -0.1) is 0 Å². The molecule has 21 aliphatic rings. The normalized spacial score (nSPS) is 37.9. The van der Waals surface area contributed by atoms with Crippen LogP contribution in [0, 0.1) is 11.3 Å². The lowest BCUT2D eigenvalue weighted by Crippen LogP contribution is -2.70. The molecule has 0 aromatic heterocycles. The smallest absolute Gasteiger partial charge is 0.192 e. The number of rotatable bonds is 36. The van der Waals surface area contributed by atoms with Gasteiger partial charge in [-0.3, -0.25) is 0 Å². The van der Waals surface area contributed by atoms with Gasteiger partial charge in [-0.25, -0.2) is 0 Å². The molecule has 14 bridgehead atoms. The van der Waals surface area contributed by atoms with Crippen LogP contribution < -0.4 is 0 Å². The summed E-state index contributed by atoms with van der Waals surface area (Å²) in [6.45, 7) is 64.7. The molecule has 36 nitrogen and oxygen atoms in total. The first-order valence-electron chi connectivity index (χ1n) is 48.9. The standard InChI is InChI=1S/C95H185NO35Si6/c1-90(2,3)132(33,34)112-49-56-63-70(98-20)78(106-28)85(120-56)128-65-58(51-114-134(37,38)92(7,8)9)122-87(80(108-30)72(65)100-22)130-67-60(53-116-136(41,42)94(13,14)15)124-89(82(110-32)74(67)102-24)131-68-61(54-117-137(43,44)95(16,17)18)123-88(81(109-31)75(68)103-25)129-66-59(52-115-135(39,40)93(10,11)12)121-86(79(107-29)73(66)101-23)127-64-57(50-113-133(35,36)91(4,5)6)119-84(77(105-27)71(64)99-21)125-62-55(48-111-47-45-46-96)118-83(126-63)76(104-26)69(62)97-19/h55-89H,45,47-54H2,1-44H3. The van der Waals surface area contributed by atoms with Gasteiger partial charge < -0.3 is 164 Å². The molecule has 0 aromatic carbocycles. The first kappa shape index (κ1) is 122. The highest BCUT2D eigenvalue weighted by Gasteiger charge is 2.64. The van der Waals surface area contributed by atoms with E-state index in [0.717, 1.165) is 0 Å². The van der Waals surface area contributed by atoms with Gasteiger partial charge in [-0.2, -0.15) is 5.26 Å². The maximum atomic E-state index is 9.97. The molecule has 0 saturated carbocycles. The number of hydrogen-bond acceptors (Lipinski definition) is 36. The van der Waals surface area contributed by atoms with E-state index in [4.69, 9.17) is 164 Å². The molecule has 35 atom stereocenters. The Morgan fingerprint density at radius 2 is 0.321 bits per heavy atom. The SMILES string of the molecule is COC1C2OC(COCCC#N)C(OC3OC(CO[Si](C)(C)C(C)(C)C)C(OC4OC(CO[Si](C)(C)C(C)(C)C)C(OC5OC(CO[Si](C)(C)C(C)(C)C)C(OC6OC(CO[Si](C)(C)C(C)(C)C)C(OC7OC(CO[Si](C)(C)C(C)(C)C)C(OC8OC(CO[Si](C)(C)C(C)(C)C)C(O2)C(OC)C8OC)C(OC)C7OC)C(OC)C6OC)C(OC)C5OC)C(OC)C4OC)C(OC)C3OC)C1OC. The van der Waals surface area contributed by atoms with E-state index >= 15 is 0 Å². The average molecular weight is 2070 g/mol. The Hall–Kier alpha value is -0.609. The Balaban J connectivity index is 1.42. The van der Waals surface area contributed by atoms with Gasteiger partial charge in [0.15, 0.2) is 93.9 Å². The van der Waals surface area contributed by atoms with Crippen molar-refractivity contribution in [2.75, 3.05) is 152 Å². The van der Waals surface area contributed by atoms with Crippen LogP contribution in [-0.4, -0.2) is 417 Å². The van der Waals surface area contributed by atoms with Crippen LogP contribution >= 0.6 is 0 Å². The summed E-state index contributed by atoms with van der Waals surface area (Å²) in [6.07, 6.45) is -39.0. The predicted molar refractivity (Wildman–Crippen MR) is 526 cm³/mol. The van der Waals surface area contributed by atoms with Gasteiger partial charge in [0.2, 0.25) is 0 Å². The summed E-state index contributed by atoms with van der Waals surface area (Å²) in [5.41, 5.74) is 0. The molecule has 804 valence electrons. The molecule has 0 amide bonds. The van der Waals surface area contributed by atoms with Crippen LogP contribution in [-0.2, 0) is 164 Å². The van der Waals surface area contributed by atoms with Crippen LogP contribution in [0.1, 0.15) is 131 Å². The minimum Gasteiger partial charge on any atom is -0.414 e. The molecular formula is C95H185NO35Si6. The number of methoxy groups -OCH3 is 14. The lowest BCUT2D eigenvalue weighted by Gasteiger charge is -2.53. The molecule has 21 saturated heterocycles. The summed E-state index contributed by atoms with van der Waals surface area (Å²) >= 11 is 0. The zero-order valence-electron chi connectivity index (χ0n) is 91.8. The van der Waals surface area contributed by atoms with Crippen molar-refractivity contribution in [2.45, 2.75) is 455 Å². The van der Waals surface area contributed by atoms with Gasteiger partial charge >= 0.3 is 0 Å². The first-order chi connectivity index (χ1) is 63.6. The third-order valence-corrected chi connectivity index (χ3v) is 59.1. The van der Waals surface area contributed by atoms with E-state index in [1.807, 2.05) is 0 Å². The quantitative estimate of drug-likeness (QED) is 0.0415. The van der Waals surface area contributed by atoms with Gasteiger partial charge in [0, 0.05) is 99.5 Å². The summed E-state index contributed by atoms with van der Waals surface area (Å²) in [6, 6.07) is 2.20. The Morgan fingerprint density at radius 3 is 0.431 bits per heavy atom. The number of nitrogens with zero attached hydrogens (tertiary/aromatic N) is 1.